The lowest BCUT2D eigenvalue weighted by molar-refractivity contribution is 0.435. The Morgan fingerprint density at radius 3 is 2.89 bits per heavy atom. The molecule has 0 amide bonds. The molecule has 0 aliphatic rings. The maximum Gasteiger partial charge on any atom is 0.166 e. The molecule has 2 rings (SSSR count). The molecule has 1 N–H and O–H groups in total. The Kier molecular flexibility index (Phi) is 4.87. The molecule has 1 aromatic heterocycles. The zero-order chi connectivity index (χ0) is 13.7. The largest absolute Gasteiger partial charge is 0.454 e. The summed E-state index contributed by atoms with van der Waals surface area (Å²) in [5.74, 6) is 0.407. The second-order valence-electron chi connectivity index (χ2n) is 3.94. The average molecular weight is 325 g/mol. The van der Waals surface area contributed by atoms with E-state index in [4.69, 9.17) is 4.74 Å². The first-order chi connectivity index (χ1) is 9.20. The van der Waals surface area contributed by atoms with Gasteiger partial charge in [0.05, 0.1) is 0 Å². The number of ether oxygens (including phenoxy) is 1. The standard InChI is InChI=1S/C14H14BrFN2O/c1-2-17-8-10-9-18-6-5-13(10)19-14-4-3-11(15)7-12(14)16/h3-7,9,17H,2,8H2,1H3. The van der Waals surface area contributed by atoms with Crippen LogP contribution in [0.5, 0.6) is 11.5 Å². The van der Waals surface area contributed by atoms with Gasteiger partial charge < -0.3 is 10.1 Å². The van der Waals surface area contributed by atoms with Crippen LogP contribution < -0.4 is 10.1 Å². The van der Waals surface area contributed by atoms with Crippen LogP contribution in [0.15, 0.2) is 41.1 Å². The number of pyridine rings is 1. The minimum atomic E-state index is -0.402. The van der Waals surface area contributed by atoms with Crippen molar-refractivity contribution in [2.45, 2.75) is 13.5 Å². The van der Waals surface area contributed by atoms with E-state index in [1.165, 1.54) is 6.07 Å². The molecule has 1 aromatic carbocycles. The number of benzene rings is 1. The summed E-state index contributed by atoms with van der Waals surface area (Å²) in [5, 5.41) is 3.19. The van der Waals surface area contributed by atoms with Crippen molar-refractivity contribution in [2.24, 2.45) is 0 Å². The van der Waals surface area contributed by atoms with Gasteiger partial charge in [0.25, 0.3) is 0 Å². The lowest BCUT2D eigenvalue weighted by Crippen LogP contribution is -2.12. The van der Waals surface area contributed by atoms with E-state index < -0.39 is 5.82 Å². The van der Waals surface area contributed by atoms with Gasteiger partial charge in [-0.15, -0.1) is 0 Å². The van der Waals surface area contributed by atoms with Crippen molar-refractivity contribution in [2.75, 3.05) is 6.54 Å². The fraction of sp³-hybridized carbons (Fsp3) is 0.214. The van der Waals surface area contributed by atoms with Crippen LogP contribution in [0.25, 0.3) is 0 Å². The monoisotopic (exact) mass is 324 g/mol. The van der Waals surface area contributed by atoms with Crippen molar-refractivity contribution < 1.29 is 9.13 Å². The first-order valence-electron chi connectivity index (χ1n) is 5.97. The van der Waals surface area contributed by atoms with Gasteiger partial charge in [-0.3, -0.25) is 4.98 Å². The van der Waals surface area contributed by atoms with Crippen LogP contribution in [-0.2, 0) is 6.54 Å². The fourth-order valence-electron chi connectivity index (χ4n) is 1.58. The summed E-state index contributed by atoms with van der Waals surface area (Å²) in [6.45, 7) is 3.50. The van der Waals surface area contributed by atoms with Crippen molar-refractivity contribution in [1.82, 2.24) is 10.3 Å². The summed E-state index contributed by atoms with van der Waals surface area (Å²) in [7, 11) is 0. The predicted molar refractivity (Wildman–Crippen MR) is 75.8 cm³/mol. The lowest BCUT2D eigenvalue weighted by atomic mass is 10.2. The van der Waals surface area contributed by atoms with Gasteiger partial charge in [-0.05, 0) is 30.8 Å². The molecule has 0 radical (unpaired) electrons. The molecule has 0 aliphatic heterocycles. The van der Waals surface area contributed by atoms with Crippen LogP contribution in [0.1, 0.15) is 12.5 Å². The van der Waals surface area contributed by atoms with Crippen LogP contribution in [0.3, 0.4) is 0 Å². The highest BCUT2D eigenvalue weighted by Crippen LogP contribution is 2.28. The van der Waals surface area contributed by atoms with Crippen molar-refractivity contribution in [1.29, 1.82) is 0 Å². The van der Waals surface area contributed by atoms with E-state index in [1.807, 2.05) is 6.92 Å². The van der Waals surface area contributed by atoms with Gasteiger partial charge in [0.2, 0.25) is 0 Å². The summed E-state index contributed by atoms with van der Waals surface area (Å²) in [6.07, 6.45) is 3.34. The van der Waals surface area contributed by atoms with Gasteiger partial charge >= 0.3 is 0 Å². The number of nitrogens with zero attached hydrogens (tertiary/aromatic N) is 1. The summed E-state index contributed by atoms with van der Waals surface area (Å²) in [4.78, 5) is 4.06. The molecule has 0 spiro atoms. The van der Waals surface area contributed by atoms with E-state index >= 15 is 0 Å². The number of nitrogens with one attached hydrogen (secondary N) is 1. The van der Waals surface area contributed by atoms with Crippen LogP contribution in [0.2, 0.25) is 0 Å². The summed E-state index contributed by atoms with van der Waals surface area (Å²) in [5.41, 5.74) is 0.895. The third-order valence-electron chi connectivity index (χ3n) is 2.54. The Labute approximate surface area is 119 Å². The SMILES string of the molecule is CCNCc1cnccc1Oc1ccc(Br)cc1F. The molecular weight excluding hydrogens is 311 g/mol. The Morgan fingerprint density at radius 2 is 2.16 bits per heavy atom. The predicted octanol–water partition coefficient (Wildman–Crippen LogP) is 3.89. The molecule has 0 saturated carbocycles. The number of aromatic nitrogens is 1. The third-order valence-corrected chi connectivity index (χ3v) is 3.03. The highest BCUT2D eigenvalue weighted by molar-refractivity contribution is 9.10. The van der Waals surface area contributed by atoms with Gasteiger partial charge in [0, 0.05) is 29.0 Å². The van der Waals surface area contributed by atoms with Gasteiger partial charge in [-0.2, -0.15) is 0 Å². The molecule has 0 atom stereocenters. The van der Waals surface area contributed by atoms with Crippen molar-refractivity contribution in [3.63, 3.8) is 0 Å². The van der Waals surface area contributed by atoms with Crippen LogP contribution in [-0.4, -0.2) is 11.5 Å². The van der Waals surface area contributed by atoms with Crippen molar-refractivity contribution in [3.05, 3.63) is 52.5 Å². The molecule has 0 unspecified atom stereocenters. The number of hydrogen-bond donors (Lipinski definition) is 1. The Hall–Kier alpha value is -1.46. The molecule has 5 heteroatoms. The zero-order valence-corrected chi connectivity index (χ0v) is 12.1. The topological polar surface area (TPSA) is 34.2 Å². The van der Waals surface area contributed by atoms with E-state index in [2.05, 4.69) is 26.2 Å². The van der Waals surface area contributed by atoms with Gasteiger partial charge in [0.1, 0.15) is 5.75 Å². The number of hydrogen-bond acceptors (Lipinski definition) is 3. The maximum atomic E-state index is 13.7. The highest BCUT2D eigenvalue weighted by Gasteiger charge is 2.08. The quantitative estimate of drug-likeness (QED) is 0.906. The molecule has 0 bridgehead atoms. The Bertz CT molecular complexity index is 563. The maximum absolute atomic E-state index is 13.7. The third kappa shape index (κ3) is 3.75. The van der Waals surface area contributed by atoms with E-state index in [1.54, 1.807) is 30.6 Å². The zero-order valence-electron chi connectivity index (χ0n) is 10.5. The molecule has 0 fully saturated rings. The number of rotatable bonds is 5. The molecule has 19 heavy (non-hydrogen) atoms. The molecule has 2 aromatic rings. The summed E-state index contributed by atoms with van der Waals surface area (Å²) in [6, 6.07) is 6.44. The number of halogens is 2. The normalized spacial score (nSPS) is 10.5. The second kappa shape index (κ2) is 6.63. The molecular formula is C14H14BrFN2O. The Balaban J connectivity index is 2.22. The van der Waals surface area contributed by atoms with Gasteiger partial charge in [-0.25, -0.2) is 4.39 Å². The van der Waals surface area contributed by atoms with E-state index in [-0.39, 0.29) is 5.75 Å². The van der Waals surface area contributed by atoms with Gasteiger partial charge in [0.15, 0.2) is 11.6 Å². The molecule has 100 valence electrons. The molecule has 3 nitrogen and oxygen atoms in total. The van der Waals surface area contributed by atoms with E-state index in [9.17, 15) is 4.39 Å². The van der Waals surface area contributed by atoms with E-state index in [0.717, 1.165) is 12.1 Å². The molecule has 0 aliphatic carbocycles. The van der Waals surface area contributed by atoms with Crippen LogP contribution in [0, 0.1) is 5.82 Å². The van der Waals surface area contributed by atoms with Crippen molar-refractivity contribution >= 4 is 15.9 Å². The van der Waals surface area contributed by atoms with Gasteiger partial charge in [-0.1, -0.05) is 22.9 Å². The fourth-order valence-corrected chi connectivity index (χ4v) is 1.92. The van der Waals surface area contributed by atoms with E-state index in [0.29, 0.717) is 16.8 Å². The highest BCUT2D eigenvalue weighted by atomic mass is 79.9. The Morgan fingerprint density at radius 1 is 1.32 bits per heavy atom. The van der Waals surface area contributed by atoms with Crippen LogP contribution >= 0.6 is 15.9 Å². The lowest BCUT2D eigenvalue weighted by Gasteiger charge is -2.11. The molecule has 0 saturated heterocycles. The average Bonchev–Trinajstić information content (AvgIpc) is 2.41. The minimum absolute atomic E-state index is 0.201. The smallest absolute Gasteiger partial charge is 0.166 e. The summed E-state index contributed by atoms with van der Waals surface area (Å²) < 4.78 is 20.0. The van der Waals surface area contributed by atoms with Crippen LogP contribution in [0.4, 0.5) is 4.39 Å². The first kappa shape index (κ1) is 14.0. The minimum Gasteiger partial charge on any atom is -0.454 e. The summed E-state index contributed by atoms with van der Waals surface area (Å²) >= 11 is 3.21. The second-order valence-corrected chi connectivity index (χ2v) is 4.86. The van der Waals surface area contributed by atoms with Crippen molar-refractivity contribution in [3.8, 4) is 11.5 Å². The first-order valence-corrected chi connectivity index (χ1v) is 6.76. The molecule has 1 heterocycles.